The van der Waals surface area contributed by atoms with Gasteiger partial charge in [0.05, 0.1) is 20.8 Å². The third kappa shape index (κ3) is 4.12. The zero-order chi connectivity index (χ0) is 17.6. The minimum atomic E-state index is 0.0159. The first-order valence-corrected chi connectivity index (χ1v) is 8.24. The van der Waals surface area contributed by atoms with Crippen LogP contribution in [0, 0.1) is 0 Å². The fourth-order valence-electron chi connectivity index (χ4n) is 2.83. The van der Waals surface area contributed by atoms with Crippen LogP contribution in [0.2, 0.25) is 0 Å². The van der Waals surface area contributed by atoms with Gasteiger partial charge >= 0.3 is 0 Å². The van der Waals surface area contributed by atoms with Crippen molar-refractivity contribution in [1.29, 1.82) is 0 Å². The Hall–Kier alpha value is -2.95. The molecular formula is C20H22N2O3. The van der Waals surface area contributed by atoms with E-state index in [0.717, 1.165) is 33.7 Å². The molecule has 0 fully saturated rings. The van der Waals surface area contributed by atoms with Crippen LogP contribution in [0.5, 0.6) is 11.5 Å². The Bertz CT molecular complexity index is 870. The van der Waals surface area contributed by atoms with Gasteiger partial charge in [0.25, 0.3) is 0 Å². The maximum absolute atomic E-state index is 12.1. The van der Waals surface area contributed by atoms with Crippen molar-refractivity contribution in [3.8, 4) is 11.5 Å². The van der Waals surface area contributed by atoms with E-state index >= 15 is 0 Å². The molecule has 0 unspecified atom stereocenters. The highest BCUT2D eigenvalue weighted by molar-refractivity contribution is 5.82. The van der Waals surface area contributed by atoms with E-state index in [1.807, 2.05) is 48.5 Å². The van der Waals surface area contributed by atoms with E-state index in [1.54, 1.807) is 14.2 Å². The van der Waals surface area contributed by atoms with Crippen LogP contribution in [-0.4, -0.2) is 25.1 Å². The number of H-pyrrole nitrogens is 1. The Labute approximate surface area is 147 Å². The number of aromatic nitrogens is 1. The molecule has 0 aliphatic heterocycles. The van der Waals surface area contributed by atoms with Gasteiger partial charge in [-0.2, -0.15) is 0 Å². The van der Waals surface area contributed by atoms with Gasteiger partial charge in [-0.1, -0.05) is 18.2 Å². The molecule has 3 aromatic rings. The molecule has 5 nitrogen and oxygen atoms in total. The van der Waals surface area contributed by atoms with Gasteiger partial charge < -0.3 is 19.8 Å². The van der Waals surface area contributed by atoms with E-state index in [9.17, 15) is 4.79 Å². The highest BCUT2D eigenvalue weighted by atomic mass is 16.5. The standard InChI is InChI=1S/C20H22N2O3/c1-24-17-8-9-18-15(12-17)11-16(22-18)13-21-20(23)10-7-14-5-3-4-6-19(14)25-2/h3-6,8-9,11-12,22H,7,10,13H2,1-2H3,(H,21,23). The highest BCUT2D eigenvalue weighted by Crippen LogP contribution is 2.21. The molecule has 0 atom stereocenters. The number of methoxy groups -OCH3 is 2. The Morgan fingerprint density at radius 3 is 2.72 bits per heavy atom. The van der Waals surface area contributed by atoms with Gasteiger partial charge in [0.1, 0.15) is 11.5 Å². The number of aryl methyl sites for hydroxylation is 1. The molecule has 0 aliphatic carbocycles. The molecule has 0 bridgehead atoms. The smallest absolute Gasteiger partial charge is 0.220 e. The number of hydrogen-bond acceptors (Lipinski definition) is 3. The number of rotatable bonds is 7. The van der Waals surface area contributed by atoms with Gasteiger partial charge in [0.2, 0.25) is 5.91 Å². The Balaban J connectivity index is 1.55. The van der Waals surface area contributed by atoms with Crippen molar-refractivity contribution in [2.24, 2.45) is 0 Å². The normalized spacial score (nSPS) is 10.6. The van der Waals surface area contributed by atoms with Gasteiger partial charge in [-0.3, -0.25) is 4.79 Å². The van der Waals surface area contributed by atoms with Crippen LogP contribution in [0.15, 0.2) is 48.5 Å². The van der Waals surface area contributed by atoms with E-state index < -0.39 is 0 Å². The van der Waals surface area contributed by atoms with Crippen molar-refractivity contribution in [2.75, 3.05) is 14.2 Å². The molecule has 3 rings (SSSR count). The lowest BCUT2D eigenvalue weighted by Crippen LogP contribution is -2.23. The fraction of sp³-hybridized carbons (Fsp3) is 0.250. The number of para-hydroxylation sites is 1. The van der Waals surface area contributed by atoms with E-state index in [2.05, 4.69) is 10.3 Å². The summed E-state index contributed by atoms with van der Waals surface area (Å²) in [5.74, 6) is 1.65. The summed E-state index contributed by atoms with van der Waals surface area (Å²) in [5, 5.41) is 4.02. The zero-order valence-corrected chi connectivity index (χ0v) is 14.5. The highest BCUT2D eigenvalue weighted by Gasteiger charge is 2.07. The summed E-state index contributed by atoms with van der Waals surface area (Å²) >= 11 is 0. The summed E-state index contributed by atoms with van der Waals surface area (Å²) in [6, 6.07) is 15.7. The van der Waals surface area contributed by atoms with Crippen LogP contribution in [-0.2, 0) is 17.8 Å². The molecule has 0 saturated carbocycles. The van der Waals surface area contributed by atoms with Crippen molar-refractivity contribution in [2.45, 2.75) is 19.4 Å². The first-order chi connectivity index (χ1) is 12.2. The minimum Gasteiger partial charge on any atom is -0.497 e. The SMILES string of the molecule is COc1ccc2[nH]c(CNC(=O)CCc3ccccc3OC)cc2c1. The Morgan fingerprint density at radius 2 is 1.92 bits per heavy atom. The lowest BCUT2D eigenvalue weighted by molar-refractivity contribution is -0.121. The topological polar surface area (TPSA) is 63.3 Å². The number of nitrogens with one attached hydrogen (secondary N) is 2. The number of fused-ring (bicyclic) bond motifs is 1. The number of amides is 1. The van der Waals surface area contributed by atoms with Crippen LogP contribution in [0.1, 0.15) is 17.7 Å². The van der Waals surface area contributed by atoms with E-state index in [1.165, 1.54) is 0 Å². The first-order valence-electron chi connectivity index (χ1n) is 8.24. The molecule has 0 saturated heterocycles. The average molecular weight is 338 g/mol. The number of ether oxygens (including phenoxy) is 2. The lowest BCUT2D eigenvalue weighted by Gasteiger charge is -2.08. The Kier molecular flexibility index (Phi) is 5.23. The predicted octanol–water partition coefficient (Wildman–Crippen LogP) is 3.43. The van der Waals surface area contributed by atoms with Gasteiger partial charge in [0.15, 0.2) is 0 Å². The molecule has 1 aromatic heterocycles. The van der Waals surface area contributed by atoms with Gasteiger partial charge in [-0.15, -0.1) is 0 Å². The van der Waals surface area contributed by atoms with Crippen LogP contribution in [0.25, 0.3) is 10.9 Å². The van der Waals surface area contributed by atoms with Gasteiger partial charge in [-0.25, -0.2) is 0 Å². The van der Waals surface area contributed by atoms with Gasteiger partial charge in [0, 0.05) is 23.0 Å². The predicted molar refractivity (Wildman–Crippen MR) is 98.0 cm³/mol. The molecule has 0 spiro atoms. The van der Waals surface area contributed by atoms with E-state index in [4.69, 9.17) is 9.47 Å². The second-order valence-electron chi connectivity index (χ2n) is 5.84. The molecule has 25 heavy (non-hydrogen) atoms. The number of carbonyl (C=O) groups excluding carboxylic acids is 1. The third-order valence-electron chi connectivity index (χ3n) is 4.17. The molecule has 0 aliphatic rings. The minimum absolute atomic E-state index is 0.0159. The molecule has 1 heterocycles. The average Bonchev–Trinajstić information content (AvgIpc) is 3.06. The van der Waals surface area contributed by atoms with Crippen molar-refractivity contribution in [3.63, 3.8) is 0 Å². The van der Waals surface area contributed by atoms with Gasteiger partial charge in [-0.05, 0) is 42.3 Å². The molecule has 1 amide bonds. The summed E-state index contributed by atoms with van der Waals surface area (Å²) in [7, 11) is 3.29. The molecule has 2 N–H and O–H groups in total. The number of hydrogen-bond donors (Lipinski definition) is 2. The molecule has 5 heteroatoms. The van der Waals surface area contributed by atoms with E-state index in [0.29, 0.717) is 19.4 Å². The summed E-state index contributed by atoms with van der Waals surface area (Å²) < 4.78 is 10.5. The van der Waals surface area contributed by atoms with Crippen LogP contribution >= 0.6 is 0 Å². The van der Waals surface area contributed by atoms with Crippen LogP contribution in [0.3, 0.4) is 0 Å². The largest absolute Gasteiger partial charge is 0.497 e. The lowest BCUT2D eigenvalue weighted by atomic mass is 10.1. The maximum Gasteiger partial charge on any atom is 0.220 e. The third-order valence-corrected chi connectivity index (χ3v) is 4.17. The number of carbonyl (C=O) groups is 1. The summed E-state index contributed by atoms with van der Waals surface area (Å²) in [4.78, 5) is 15.4. The number of aromatic amines is 1. The number of benzene rings is 2. The summed E-state index contributed by atoms with van der Waals surface area (Å²) in [6.07, 6.45) is 1.08. The maximum atomic E-state index is 12.1. The monoisotopic (exact) mass is 338 g/mol. The van der Waals surface area contributed by atoms with Crippen molar-refractivity contribution in [3.05, 3.63) is 59.8 Å². The second kappa shape index (κ2) is 7.75. The Morgan fingerprint density at radius 1 is 1.08 bits per heavy atom. The first kappa shape index (κ1) is 16.9. The quantitative estimate of drug-likeness (QED) is 0.694. The molecule has 130 valence electrons. The fourth-order valence-corrected chi connectivity index (χ4v) is 2.83. The molecule has 0 radical (unpaired) electrons. The molecular weight excluding hydrogens is 316 g/mol. The molecule has 2 aromatic carbocycles. The summed E-state index contributed by atoms with van der Waals surface area (Å²) in [6.45, 7) is 0.474. The van der Waals surface area contributed by atoms with Crippen LogP contribution in [0.4, 0.5) is 0 Å². The summed E-state index contributed by atoms with van der Waals surface area (Å²) in [5.41, 5.74) is 3.03. The van der Waals surface area contributed by atoms with Crippen molar-refractivity contribution in [1.82, 2.24) is 10.3 Å². The van der Waals surface area contributed by atoms with E-state index in [-0.39, 0.29) is 5.91 Å². The zero-order valence-electron chi connectivity index (χ0n) is 14.5. The second-order valence-corrected chi connectivity index (χ2v) is 5.84. The van der Waals surface area contributed by atoms with Crippen molar-refractivity contribution >= 4 is 16.8 Å². The van der Waals surface area contributed by atoms with Crippen LogP contribution < -0.4 is 14.8 Å². The van der Waals surface area contributed by atoms with Crippen molar-refractivity contribution < 1.29 is 14.3 Å².